The zero-order valence-corrected chi connectivity index (χ0v) is 15.7. The molecule has 2 rings (SSSR count). The molecule has 0 aromatic heterocycles. The number of carbonyl (C=O) groups is 2. The van der Waals surface area contributed by atoms with E-state index >= 15 is 0 Å². The molecule has 1 N–H and O–H groups in total. The molecule has 0 spiro atoms. The maximum absolute atomic E-state index is 12.5. The number of benzene rings is 1. The Morgan fingerprint density at radius 2 is 1.76 bits per heavy atom. The Balaban J connectivity index is 2.01. The van der Waals surface area contributed by atoms with Crippen molar-refractivity contribution in [2.75, 3.05) is 19.3 Å². The van der Waals surface area contributed by atoms with E-state index in [9.17, 15) is 23.1 Å². The first-order valence-corrected chi connectivity index (χ1v) is 10.2. The van der Waals surface area contributed by atoms with Crippen LogP contribution in [0.2, 0.25) is 0 Å². The summed E-state index contributed by atoms with van der Waals surface area (Å²) in [7, 11) is -3.48. The fourth-order valence-electron chi connectivity index (χ4n) is 3.10. The molecule has 0 atom stereocenters. The summed E-state index contributed by atoms with van der Waals surface area (Å²) in [6.45, 7) is 3.88. The maximum atomic E-state index is 12.5. The lowest BCUT2D eigenvalue weighted by molar-refractivity contribution is -0.134. The van der Waals surface area contributed by atoms with E-state index in [1.165, 1.54) is 13.8 Å². The lowest BCUT2D eigenvalue weighted by atomic mass is 9.88. The molecule has 1 fully saturated rings. The van der Waals surface area contributed by atoms with Gasteiger partial charge in [0.05, 0.1) is 5.56 Å². The van der Waals surface area contributed by atoms with Crippen LogP contribution in [0.15, 0.2) is 24.3 Å². The van der Waals surface area contributed by atoms with Crippen LogP contribution in [0.1, 0.15) is 42.6 Å². The van der Waals surface area contributed by atoms with Crippen molar-refractivity contribution < 1.29 is 23.1 Å². The van der Waals surface area contributed by atoms with Gasteiger partial charge in [-0.3, -0.25) is 4.79 Å². The van der Waals surface area contributed by atoms with E-state index < -0.39 is 20.6 Å². The quantitative estimate of drug-likeness (QED) is 0.859. The lowest BCUT2D eigenvalue weighted by Crippen LogP contribution is -2.52. The number of carboxylic acid groups (broad SMARTS) is 1. The average molecular weight is 367 g/mol. The minimum absolute atomic E-state index is 0.283. The van der Waals surface area contributed by atoms with Crippen molar-refractivity contribution in [3.63, 3.8) is 0 Å². The number of carboxylic acids is 1. The maximum Gasteiger partial charge on any atom is 0.335 e. The van der Waals surface area contributed by atoms with Gasteiger partial charge >= 0.3 is 5.97 Å². The first kappa shape index (κ1) is 19.4. The van der Waals surface area contributed by atoms with E-state index in [-0.39, 0.29) is 11.8 Å². The van der Waals surface area contributed by atoms with Gasteiger partial charge in [-0.15, -0.1) is 0 Å². The van der Waals surface area contributed by atoms with Gasteiger partial charge in [-0.05, 0) is 50.7 Å². The Morgan fingerprint density at radius 1 is 1.20 bits per heavy atom. The molecule has 6 nitrogen and oxygen atoms in total. The molecule has 1 amide bonds. The number of piperidine rings is 1. The average Bonchev–Trinajstić information content (AvgIpc) is 2.54. The van der Waals surface area contributed by atoms with Crippen LogP contribution in [0.25, 0.3) is 0 Å². The van der Waals surface area contributed by atoms with Crippen LogP contribution in [-0.4, -0.2) is 54.4 Å². The summed E-state index contributed by atoms with van der Waals surface area (Å²) < 4.78 is 22.3. The van der Waals surface area contributed by atoms with Crippen LogP contribution < -0.4 is 0 Å². The van der Waals surface area contributed by atoms with E-state index in [1.54, 1.807) is 17.0 Å². The highest BCUT2D eigenvalue weighted by atomic mass is 32.2. The predicted molar refractivity (Wildman–Crippen MR) is 95.3 cm³/mol. The topological polar surface area (TPSA) is 91.8 Å². The van der Waals surface area contributed by atoms with Crippen molar-refractivity contribution in [2.24, 2.45) is 5.92 Å². The largest absolute Gasteiger partial charge is 0.478 e. The van der Waals surface area contributed by atoms with Gasteiger partial charge in [0.25, 0.3) is 0 Å². The van der Waals surface area contributed by atoms with Gasteiger partial charge in [0.2, 0.25) is 5.91 Å². The third-order valence-electron chi connectivity index (χ3n) is 5.10. The standard InChI is InChI=1S/C18H25NO5S/c1-18(2,25(3,23)24)17(22)19-10-8-13(9-11-19)12-14-6-4-5-7-15(14)16(20)21/h4-7,13H,8-12H2,1-3H3,(H,20,21). The molecule has 0 unspecified atom stereocenters. The highest BCUT2D eigenvalue weighted by molar-refractivity contribution is 7.92. The Morgan fingerprint density at radius 3 is 2.28 bits per heavy atom. The molecule has 0 radical (unpaired) electrons. The first-order valence-electron chi connectivity index (χ1n) is 8.34. The molecule has 1 heterocycles. The SMILES string of the molecule is CC(C)(C(=O)N1CCC(Cc2ccccc2C(=O)O)CC1)S(C)(=O)=O. The van der Waals surface area contributed by atoms with Crippen molar-refractivity contribution in [3.8, 4) is 0 Å². The number of amides is 1. The number of aromatic carboxylic acids is 1. The monoisotopic (exact) mass is 367 g/mol. The summed E-state index contributed by atoms with van der Waals surface area (Å²) in [5.41, 5.74) is 1.12. The van der Waals surface area contributed by atoms with E-state index in [0.29, 0.717) is 25.1 Å². The van der Waals surface area contributed by atoms with Crippen LogP contribution in [0.3, 0.4) is 0 Å². The third-order valence-corrected chi connectivity index (χ3v) is 7.13. The summed E-state index contributed by atoms with van der Waals surface area (Å²) in [4.78, 5) is 25.5. The Hall–Kier alpha value is -1.89. The minimum atomic E-state index is -3.48. The number of hydrogen-bond acceptors (Lipinski definition) is 4. The summed E-state index contributed by atoms with van der Waals surface area (Å²) in [5.74, 6) is -1.01. The van der Waals surface area contributed by atoms with E-state index in [2.05, 4.69) is 0 Å². The zero-order valence-electron chi connectivity index (χ0n) is 14.9. The molecule has 138 valence electrons. The van der Waals surface area contributed by atoms with Crippen LogP contribution >= 0.6 is 0 Å². The molecular formula is C18H25NO5S. The van der Waals surface area contributed by atoms with Crippen molar-refractivity contribution in [3.05, 3.63) is 35.4 Å². The number of rotatable bonds is 5. The van der Waals surface area contributed by atoms with Gasteiger partial charge in [-0.25, -0.2) is 13.2 Å². The fraction of sp³-hybridized carbons (Fsp3) is 0.556. The molecule has 1 aromatic rings. The van der Waals surface area contributed by atoms with Gasteiger partial charge < -0.3 is 10.0 Å². The molecule has 1 aromatic carbocycles. The first-order chi connectivity index (χ1) is 11.5. The third kappa shape index (κ3) is 4.21. The van der Waals surface area contributed by atoms with E-state index in [4.69, 9.17) is 0 Å². The number of carbonyl (C=O) groups excluding carboxylic acids is 1. The van der Waals surface area contributed by atoms with Crippen molar-refractivity contribution in [1.82, 2.24) is 4.90 Å². The second-order valence-electron chi connectivity index (χ2n) is 7.18. The van der Waals surface area contributed by atoms with Crippen LogP contribution in [0.5, 0.6) is 0 Å². The van der Waals surface area contributed by atoms with E-state index in [1.807, 2.05) is 12.1 Å². The van der Waals surface area contributed by atoms with Crippen molar-refractivity contribution in [1.29, 1.82) is 0 Å². The minimum Gasteiger partial charge on any atom is -0.478 e. The molecule has 1 aliphatic rings. The molecule has 7 heteroatoms. The molecule has 0 aliphatic carbocycles. The van der Waals surface area contributed by atoms with Gasteiger partial charge in [-0.1, -0.05) is 18.2 Å². The predicted octanol–water partition coefficient (Wildman–Crippen LogP) is 1.99. The normalized spacial score (nSPS) is 16.7. The molecule has 25 heavy (non-hydrogen) atoms. The molecule has 1 saturated heterocycles. The van der Waals surface area contributed by atoms with Crippen LogP contribution in [0, 0.1) is 5.92 Å². The molecule has 1 aliphatic heterocycles. The highest BCUT2D eigenvalue weighted by Gasteiger charge is 2.42. The lowest BCUT2D eigenvalue weighted by Gasteiger charge is -2.36. The smallest absolute Gasteiger partial charge is 0.335 e. The van der Waals surface area contributed by atoms with Gasteiger partial charge in [0.1, 0.15) is 4.75 Å². The summed E-state index contributed by atoms with van der Waals surface area (Å²) in [6, 6.07) is 6.97. The number of sulfone groups is 1. The van der Waals surface area contributed by atoms with Gasteiger partial charge in [-0.2, -0.15) is 0 Å². The summed E-state index contributed by atoms with van der Waals surface area (Å²) in [6.07, 6.45) is 3.21. The highest BCUT2D eigenvalue weighted by Crippen LogP contribution is 2.26. The second-order valence-corrected chi connectivity index (χ2v) is 9.75. The number of hydrogen-bond donors (Lipinski definition) is 1. The Bertz CT molecular complexity index is 761. The van der Waals surface area contributed by atoms with E-state index in [0.717, 1.165) is 24.7 Å². The van der Waals surface area contributed by atoms with Crippen molar-refractivity contribution in [2.45, 2.75) is 37.9 Å². The summed E-state index contributed by atoms with van der Waals surface area (Å²) in [5, 5.41) is 9.27. The van der Waals surface area contributed by atoms with Crippen LogP contribution in [-0.2, 0) is 21.1 Å². The molecule has 0 bridgehead atoms. The van der Waals surface area contributed by atoms with Gasteiger partial charge in [0, 0.05) is 19.3 Å². The Labute approximate surface area is 148 Å². The fourth-order valence-corrected chi connectivity index (χ4v) is 3.54. The van der Waals surface area contributed by atoms with Gasteiger partial charge in [0.15, 0.2) is 9.84 Å². The Kier molecular flexibility index (Phi) is 5.56. The summed E-state index contributed by atoms with van der Waals surface area (Å²) >= 11 is 0. The zero-order chi connectivity index (χ0) is 18.8. The second kappa shape index (κ2) is 7.15. The number of nitrogens with zero attached hydrogens (tertiary/aromatic N) is 1. The van der Waals surface area contributed by atoms with Crippen LogP contribution in [0.4, 0.5) is 0 Å². The molecule has 0 saturated carbocycles. The molecular weight excluding hydrogens is 342 g/mol. The van der Waals surface area contributed by atoms with Crippen molar-refractivity contribution >= 4 is 21.7 Å². The number of likely N-dealkylation sites (tertiary alicyclic amines) is 1.